The summed E-state index contributed by atoms with van der Waals surface area (Å²) in [5, 5.41) is 7.98. The van der Waals surface area contributed by atoms with Crippen LogP contribution in [0.25, 0.3) is 0 Å². The first-order valence-electron chi connectivity index (χ1n) is 10.7. The Balaban J connectivity index is 1.60. The molecule has 0 spiro atoms. The first-order chi connectivity index (χ1) is 15.2. The van der Waals surface area contributed by atoms with E-state index in [1.807, 2.05) is 19.0 Å². The van der Waals surface area contributed by atoms with Gasteiger partial charge in [0, 0.05) is 44.1 Å². The molecule has 1 aliphatic heterocycles. The Morgan fingerprint density at radius 1 is 1.00 bits per heavy atom. The first kappa shape index (κ1) is 23.3. The van der Waals surface area contributed by atoms with E-state index in [4.69, 9.17) is 0 Å². The zero-order valence-electron chi connectivity index (χ0n) is 19.1. The van der Waals surface area contributed by atoms with Crippen molar-refractivity contribution in [2.24, 2.45) is 0 Å². The topological polar surface area (TPSA) is 93.8 Å². The second-order valence-corrected chi connectivity index (χ2v) is 8.32. The lowest BCUT2D eigenvalue weighted by atomic mass is 9.96. The van der Waals surface area contributed by atoms with E-state index >= 15 is 0 Å². The smallest absolute Gasteiger partial charge is 0.313 e. The second kappa shape index (κ2) is 10.3. The van der Waals surface area contributed by atoms with Gasteiger partial charge in [-0.05, 0) is 68.4 Å². The van der Waals surface area contributed by atoms with Crippen LogP contribution in [0.4, 0.5) is 17.1 Å². The lowest BCUT2D eigenvalue weighted by Crippen LogP contribution is -2.40. The summed E-state index contributed by atoms with van der Waals surface area (Å²) in [7, 11) is 6.02. The van der Waals surface area contributed by atoms with Gasteiger partial charge in [0.2, 0.25) is 5.91 Å². The highest BCUT2D eigenvalue weighted by atomic mass is 16.2. The van der Waals surface area contributed by atoms with Crippen molar-refractivity contribution in [2.45, 2.75) is 25.8 Å². The third kappa shape index (κ3) is 5.85. The molecule has 1 unspecified atom stereocenters. The fourth-order valence-corrected chi connectivity index (χ4v) is 3.91. The molecule has 3 rings (SSSR count). The van der Waals surface area contributed by atoms with Gasteiger partial charge in [-0.2, -0.15) is 0 Å². The molecule has 2 aromatic carbocycles. The quantitative estimate of drug-likeness (QED) is 0.604. The van der Waals surface area contributed by atoms with E-state index < -0.39 is 11.8 Å². The Hall–Kier alpha value is -3.39. The van der Waals surface area contributed by atoms with Crippen LogP contribution in [0.2, 0.25) is 0 Å². The molecule has 1 aliphatic rings. The Bertz CT molecular complexity index is 988. The number of nitrogens with zero attached hydrogens (tertiary/aromatic N) is 2. The van der Waals surface area contributed by atoms with E-state index in [1.165, 1.54) is 18.2 Å². The monoisotopic (exact) mass is 437 g/mol. The largest absolute Gasteiger partial charge is 0.374 e. The number of carbonyl (C=O) groups is 3. The number of hydrogen-bond acceptors (Lipinski definition) is 5. The van der Waals surface area contributed by atoms with E-state index in [0.29, 0.717) is 17.9 Å². The van der Waals surface area contributed by atoms with E-state index in [9.17, 15) is 14.4 Å². The van der Waals surface area contributed by atoms with Gasteiger partial charge in [0.25, 0.3) is 0 Å². The maximum atomic E-state index is 12.4. The standard InChI is InChI=1S/C24H31N5O3/c1-16(30)26-19-8-10-20(11-9-19)27-24(32)23(31)25-15-22(28(2)3)18-7-12-21-17(14-18)6-5-13-29(21)4/h7-12,14,22H,5-6,13,15H2,1-4H3,(H,25,31)(H,26,30)(H,27,32). The minimum atomic E-state index is -0.734. The van der Waals surface area contributed by atoms with Gasteiger partial charge in [0.15, 0.2) is 0 Å². The van der Waals surface area contributed by atoms with E-state index in [2.05, 4.69) is 46.1 Å². The third-order valence-corrected chi connectivity index (χ3v) is 5.59. The van der Waals surface area contributed by atoms with Crippen molar-refractivity contribution in [1.29, 1.82) is 0 Å². The molecule has 0 aromatic heterocycles. The van der Waals surface area contributed by atoms with Crippen LogP contribution in [0, 0.1) is 0 Å². The van der Waals surface area contributed by atoms with Crippen molar-refractivity contribution in [3.63, 3.8) is 0 Å². The first-order valence-corrected chi connectivity index (χ1v) is 10.7. The average molecular weight is 438 g/mol. The second-order valence-electron chi connectivity index (χ2n) is 8.32. The third-order valence-electron chi connectivity index (χ3n) is 5.59. The summed E-state index contributed by atoms with van der Waals surface area (Å²) >= 11 is 0. The minimum Gasteiger partial charge on any atom is -0.374 e. The van der Waals surface area contributed by atoms with Gasteiger partial charge in [-0.15, -0.1) is 0 Å². The van der Waals surface area contributed by atoms with Crippen molar-refractivity contribution in [2.75, 3.05) is 49.8 Å². The van der Waals surface area contributed by atoms with Gasteiger partial charge in [0.05, 0.1) is 6.04 Å². The van der Waals surface area contributed by atoms with Gasteiger partial charge >= 0.3 is 11.8 Å². The van der Waals surface area contributed by atoms with Crippen molar-refractivity contribution >= 4 is 34.8 Å². The van der Waals surface area contributed by atoms with Crippen LogP contribution in [-0.2, 0) is 20.8 Å². The highest BCUT2D eigenvalue weighted by Gasteiger charge is 2.21. The van der Waals surface area contributed by atoms with Crippen molar-refractivity contribution in [3.05, 3.63) is 53.6 Å². The molecule has 0 aliphatic carbocycles. The molecular weight excluding hydrogens is 406 g/mol. The number of rotatable bonds is 6. The molecule has 3 N–H and O–H groups in total. The molecule has 0 saturated heterocycles. The molecule has 0 saturated carbocycles. The van der Waals surface area contributed by atoms with Crippen molar-refractivity contribution in [1.82, 2.24) is 10.2 Å². The van der Waals surface area contributed by atoms with E-state index in [-0.39, 0.29) is 11.9 Å². The van der Waals surface area contributed by atoms with Crippen molar-refractivity contribution in [3.8, 4) is 0 Å². The number of carbonyl (C=O) groups excluding carboxylic acids is 3. The molecule has 2 aromatic rings. The number of aryl methyl sites for hydroxylation is 1. The summed E-state index contributed by atoms with van der Waals surface area (Å²) in [6, 6.07) is 13.0. The number of fused-ring (bicyclic) bond motifs is 1. The molecule has 0 radical (unpaired) electrons. The zero-order chi connectivity index (χ0) is 23.3. The van der Waals surface area contributed by atoms with Gasteiger partial charge in [0.1, 0.15) is 0 Å². The number of anilines is 3. The Morgan fingerprint density at radius 2 is 1.66 bits per heavy atom. The number of amides is 3. The highest BCUT2D eigenvalue weighted by Crippen LogP contribution is 2.29. The summed E-state index contributed by atoms with van der Waals surface area (Å²) in [6.07, 6.45) is 2.17. The summed E-state index contributed by atoms with van der Waals surface area (Å²) in [4.78, 5) is 40.1. The SMILES string of the molecule is CC(=O)Nc1ccc(NC(=O)C(=O)NCC(c2ccc3c(c2)CCCN3C)N(C)C)cc1. The zero-order valence-corrected chi connectivity index (χ0v) is 19.1. The maximum Gasteiger partial charge on any atom is 0.313 e. The number of nitrogens with one attached hydrogen (secondary N) is 3. The Labute approximate surface area is 189 Å². The van der Waals surface area contributed by atoms with Gasteiger partial charge in [-0.1, -0.05) is 12.1 Å². The molecule has 1 heterocycles. The molecular formula is C24H31N5O3. The minimum absolute atomic E-state index is 0.0544. The summed E-state index contributed by atoms with van der Waals surface area (Å²) in [5.74, 6) is -1.61. The number of hydrogen-bond donors (Lipinski definition) is 3. The van der Waals surface area contributed by atoms with Crippen LogP contribution in [0.1, 0.15) is 30.5 Å². The predicted molar refractivity (Wildman–Crippen MR) is 127 cm³/mol. The molecule has 8 nitrogen and oxygen atoms in total. The van der Waals surface area contributed by atoms with Gasteiger partial charge < -0.3 is 25.8 Å². The summed E-state index contributed by atoms with van der Waals surface area (Å²) in [5.41, 5.74) is 4.77. The molecule has 170 valence electrons. The highest BCUT2D eigenvalue weighted by molar-refractivity contribution is 6.39. The fraction of sp³-hybridized carbons (Fsp3) is 0.375. The summed E-state index contributed by atoms with van der Waals surface area (Å²) < 4.78 is 0. The fourth-order valence-electron chi connectivity index (χ4n) is 3.91. The predicted octanol–water partition coefficient (Wildman–Crippen LogP) is 2.38. The maximum absolute atomic E-state index is 12.4. The van der Waals surface area contributed by atoms with Crippen LogP contribution in [-0.4, -0.2) is 56.9 Å². The van der Waals surface area contributed by atoms with Crippen LogP contribution in [0.5, 0.6) is 0 Å². The van der Waals surface area contributed by atoms with Crippen LogP contribution in [0.3, 0.4) is 0 Å². The molecule has 3 amide bonds. The molecule has 1 atom stereocenters. The van der Waals surface area contributed by atoms with E-state index in [0.717, 1.165) is 24.9 Å². The Kier molecular flexibility index (Phi) is 7.48. The average Bonchev–Trinajstić information content (AvgIpc) is 2.74. The Morgan fingerprint density at radius 3 is 2.28 bits per heavy atom. The number of benzene rings is 2. The van der Waals surface area contributed by atoms with Gasteiger partial charge in [-0.25, -0.2) is 0 Å². The lowest BCUT2D eigenvalue weighted by Gasteiger charge is -2.30. The summed E-state index contributed by atoms with van der Waals surface area (Å²) in [6.45, 7) is 2.80. The van der Waals surface area contributed by atoms with Crippen LogP contribution >= 0.6 is 0 Å². The van der Waals surface area contributed by atoms with Crippen LogP contribution < -0.4 is 20.9 Å². The lowest BCUT2D eigenvalue weighted by molar-refractivity contribution is -0.136. The number of likely N-dealkylation sites (N-methyl/N-ethyl adjacent to an activating group) is 1. The van der Waals surface area contributed by atoms with Crippen molar-refractivity contribution < 1.29 is 14.4 Å². The van der Waals surface area contributed by atoms with Crippen LogP contribution in [0.15, 0.2) is 42.5 Å². The molecule has 0 fully saturated rings. The molecule has 32 heavy (non-hydrogen) atoms. The van der Waals surface area contributed by atoms with E-state index in [1.54, 1.807) is 24.3 Å². The molecule has 0 bridgehead atoms. The molecule has 8 heteroatoms. The normalized spacial score (nSPS) is 13.8. The van der Waals surface area contributed by atoms with Gasteiger partial charge in [-0.3, -0.25) is 14.4 Å².